The molecule has 0 N–H and O–H groups in total. The van der Waals surface area contributed by atoms with Gasteiger partial charge in [-0.15, -0.1) is 0 Å². The van der Waals surface area contributed by atoms with Crippen LogP contribution in [-0.2, 0) is 0 Å². The van der Waals surface area contributed by atoms with Crippen molar-refractivity contribution in [3.8, 4) is 0 Å². The maximum Gasteiger partial charge on any atom is 0.00495 e. The van der Waals surface area contributed by atoms with Crippen LogP contribution < -0.4 is 0 Å². The van der Waals surface area contributed by atoms with Crippen LogP contribution >= 0.6 is 15.8 Å². The number of benzene rings is 2. The molecule has 2 heteroatoms. The van der Waals surface area contributed by atoms with Gasteiger partial charge in [-0.3, -0.25) is 0 Å². The summed E-state index contributed by atoms with van der Waals surface area (Å²) < 4.78 is 0. The second kappa shape index (κ2) is 12.2. The monoisotopic (exact) mass is 428 g/mol. The second-order valence-electron chi connectivity index (χ2n) is 9.12. The summed E-state index contributed by atoms with van der Waals surface area (Å²) in [6.45, 7) is 14.7. The molecule has 0 saturated carbocycles. The van der Waals surface area contributed by atoms with Gasteiger partial charge in [0.25, 0.3) is 0 Å². The molecule has 0 spiro atoms. The lowest BCUT2D eigenvalue weighted by atomic mass is 10.1. The van der Waals surface area contributed by atoms with Crippen molar-refractivity contribution in [1.82, 2.24) is 0 Å². The summed E-state index contributed by atoms with van der Waals surface area (Å²) in [5.41, 5.74) is 4.64. The molecule has 0 bridgehead atoms. The molecule has 0 fully saturated rings. The first-order valence-electron chi connectivity index (χ1n) is 11.5. The zero-order valence-corrected chi connectivity index (χ0v) is 21.4. The number of hydrogen-bond acceptors (Lipinski definition) is 0. The maximum atomic E-state index is 2.50. The van der Waals surface area contributed by atoms with E-state index in [9.17, 15) is 0 Å². The Labute approximate surface area is 183 Å². The van der Waals surface area contributed by atoms with Gasteiger partial charge in [-0.25, -0.2) is 0 Å². The zero-order valence-electron chi connectivity index (χ0n) is 19.6. The van der Waals surface area contributed by atoms with Gasteiger partial charge in [-0.05, 0) is 41.2 Å². The van der Waals surface area contributed by atoms with Gasteiger partial charge >= 0.3 is 0 Å². The molecule has 29 heavy (non-hydrogen) atoms. The second-order valence-corrected chi connectivity index (χ2v) is 15.6. The highest BCUT2D eigenvalue weighted by molar-refractivity contribution is 7.75. The topological polar surface area (TPSA) is 0 Å². The highest BCUT2D eigenvalue weighted by Crippen LogP contribution is 2.70. The SMILES string of the molecule is CCCC(c1ccccc1)P(CC)CP(C(CCC)c1ccccc1)C(C)(C)C. The van der Waals surface area contributed by atoms with Gasteiger partial charge in [0.1, 0.15) is 0 Å². The smallest absolute Gasteiger partial charge is 0.00495 e. The minimum atomic E-state index is -0.0972. The van der Waals surface area contributed by atoms with Crippen molar-refractivity contribution in [1.29, 1.82) is 0 Å². The average Bonchev–Trinajstić information content (AvgIpc) is 2.72. The van der Waals surface area contributed by atoms with Crippen molar-refractivity contribution in [2.45, 2.75) is 83.7 Å². The van der Waals surface area contributed by atoms with Crippen LogP contribution in [0.15, 0.2) is 60.7 Å². The van der Waals surface area contributed by atoms with Crippen molar-refractivity contribution < 1.29 is 0 Å². The Kier molecular flexibility index (Phi) is 10.4. The molecule has 0 radical (unpaired) electrons. The zero-order chi connectivity index (χ0) is 21.3. The van der Waals surface area contributed by atoms with Crippen LogP contribution in [0.25, 0.3) is 0 Å². The lowest BCUT2D eigenvalue weighted by Crippen LogP contribution is -2.19. The Hall–Kier alpha value is -0.700. The van der Waals surface area contributed by atoms with Crippen molar-refractivity contribution in [2.24, 2.45) is 0 Å². The molecule has 0 aliphatic heterocycles. The Balaban J connectivity index is 2.37. The van der Waals surface area contributed by atoms with E-state index in [1.807, 2.05) is 0 Å². The summed E-state index contributed by atoms with van der Waals surface area (Å²) in [4.78, 5) is 0. The molecule has 2 rings (SSSR count). The molecule has 0 heterocycles. The van der Waals surface area contributed by atoms with Gasteiger partial charge in [0.15, 0.2) is 0 Å². The molecule has 0 saturated heterocycles. The van der Waals surface area contributed by atoms with Gasteiger partial charge < -0.3 is 0 Å². The van der Waals surface area contributed by atoms with Crippen LogP contribution in [0.5, 0.6) is 0 Å². The summed E-state index contributed by atoms with van der Waals surface area (Å²) in [7, 11) is -0.110. The van der Waals surface area contributed by atoms with E-state index in [-0.39, 0.29) is 15.8 Å². The number of rotatable bonds is 11. The quantitative estimate of drug-likeness (QED) is 0.312. The maximum absolute atomic E-state index is 2.50. The van der Waals surface area contributed by atoms with E-state index in [1.54, 1.807) is 11.1 Å². The highest BCUT2D eigenvalue weighted by Gasteiger charge is 2.35. The molecule has 0 nitrogen and oxygen atoms in total. The summed E-state index contributed by atoms with van der Waals surface area (Å²) in [5, 5.41) is 0.383. The summed E-state index contributed by atoms with van der Waals surface area (Å²) >= 11 is 0. The molecule has 2 aromatic carbocycles. The van der Waals surface area contributed by atoms with Crippen LogP contribution in [0, 0.1) is 0 Å². The third kappa shape index (κ3) is 7.19. The van der Waals surface area contributed by atoms with E-state index in [1.165, 1.54) is 37.7 Å². The van der Waals surface area contributed by atoms with Gasteiger partial charge in [0.2, 0.25) is 0 Å². The minimum Gasteiger partial charge on any atom is -0.0949 e. The first-order valence-corrected chi connectivity index (χ1v) is 14.9. The van der Waals surface area contributed by atoms with Crippen molar-refractivity contribution >= 4 is 15.8 Å². The third-order valence-corrected chi connectivity index (χ3v) is 13.9. The molecule has 4 unspecified atom stereocenters. The van der Waals surface area contributed by atoms with E-state index in [0.717, 1.165) is 11.3 Å². The van der Waals surface area contributed by atoms with Crippen molar-refractivity contribution in [2.75, 3.05) is 12.1 Å². The molecule has 160 valence electrons. The van der Waals surface area contributed by atoms with Crippen LogP contribution in [0.1, 0.15) is 89.7 Å². The van der Waals surface area contributed by atoms with E-state index < -0.39 is 0 Å². The van der Waals surface area contributed by atoms with Crippen molar-refractivity contribution in [3.05, 3.63) is 71.8 Å². The van der Waals surface area contributed by atoms with Gasteiger partial charge in [-0.2, -0.15) is 0 Å². The predicted octanol–water partition coefficient (Wildman–Crippen LogP) is 9.81. The van der Waals surface area contributed by atoms with E-state index >= 15 is 0 Å². The van der Waals surface area contributed by atoms with Crippen LogP contribution in [0.3, 0.4) is 0 Å². The number of hydrogen-bond donors (Lipinski definition) is 0. The predicted molar refractivity (Wildman–Crippen MR) is 137 cm³/mol. The fourth-order valence-electron chi connectivity index (χ4n) is 4.35. The van der Waals surface area contributed by atoms with Crippen LogP contribution in [0.2, 0.25) is 0 Å². The fourth-order valence-corrected chi connectivity index (χ4v) is 13.7. The van der Waals surface area contributed by atoms with Crippen LogP contribution in [-0.4, -0.2) is 17.2 Å². The molecule has 0 aliphatic rings. The lowest BCUT2D eigenvalue weighted by molar-refractivity contribution is 0.718. The van der Waals surface area contributed by atoms with Gasteiger partial charge in [0.05, 0.1) is 0 Å². The standard InChI is InChI=1S/C27H42P2/c1-7-16-25(23-18-12-10-13-19-23)28(9-3)22-29(27(4,5)6)26(17-8-2)24-20-14-11-15-21-24/h10-15,18-21,25-26H,7-9,16-17,22H2,1-6H3. The van der Waals surface area contributed by atoms with E-state index in [4.69, 9.17) is 0 Å². The van der Waals surface area contributed by atoms with Gasteiger partial charge in [0, 0.05) is 11.3 Å². The Morgan fingerprint density at radius 3 is 1.55 bits per heavy atom. The first kappa shape index (κ1) is 24.6. The molecule has 2 aromatic rings. The molecule has 0 aromatic heterocycles. The lowest BCUT2D eigenvalue weighted by Gasteiger charge is -2.42. The molecular weight excluding hydrogens is 386 g/mol. The molecule has 0 amide bonds. The summed E-state index contributed by atoms with van der Waals surface area (Å²) in [6, 6.07) is 22.8. The van der Waals surface area contributed by atoms with Crippen molar-refractivity contribution in [3.63, 3.8) is 0 Å². The Morgan fingerprint density at radius 2 is 1.14 bits per heavy atom. The minimum absolute atomic E-state index is 0.0124. The Morgan fingerprint density at radius 1 is 0.690 bits per heavy atom. The van der Waals surface area contributed by atoms with Gasteiger partial charge in [-0.1, -0.05) is 131 Å². The molecule has 4 atom stereocenters. The summed E-state index contributed by atoms with van der Waals surface area (Å²) in [6.07, 6.45) is 6.56. The van der Waals surface area contributed by atoms with E-state index in [0.29, 0.717) is 5.16 Å². The fraction of sp³-hybridized carbons (Fsp3) is 0.556. The summed E-state index contributed by atoms with van der Waals surface area (Å²) in [5.74, 6) is 1.45. The molecular formula is C27H42P2. The third-order valence-electron chi connectivity index (χ3n) is 5.91. The molecule has 0 aliphatic carbocycles. The Bertz CT molecular complexity index is 675. The average molecular weight is 429 g/mol. The largest absolute Gasteiger partial charge is 0.0949 e. The highest BCUT2D eigenvalue weighted by atomic mass is 31.2. The van der Waals surface area contributed by atoms with Crippen LogP contribution in [0.4, 0.5) is 0 Å². The normalized spacial score (nSPS) is 16.2. The van der Waals surface area contributed by atoms with E-state index in [2.05, 4.69) is 102 Å². The first-order chi connectivity index (χ1) is 13.9.